The molecule has 9 nitrogen and oxygen atoms in total. The van der Waals surface area contributed by atoms with Gasteiger partial charge < -0.3 is 19.5 Å². The minimum atomic E-state index is -0.842. The Hall–Kier alpha value is -3.62. The van der Waals surface area contributed by atoms with Crippen LogP contribution in [0.5, 0.6) is 11.5 Å². The number of benzene rings is 1. The lowest BCUT2D eigenvalue weighted by molar-refractivity contribution is -0.133. The number of hydrogen-bond acceptors (Lipinski definition) is 7. The van der Waals surface area contributed by atoms with E-state index in [2.05, 4.69) is 15.4 Å². The minimum absolute atomic E-state index is 0.291. The molecule has 1 atom stereocenters. The first-order chi connectivity index (χ1) is 16.7. The molecule has 0 bridgehead atoms. The molecular formula is C26H34N4O5. The third-order valence-electron chi connectivity index (χ3n) is 5.25. The summed E-state index contributed by atoms with van der Waals surface area (Å²) in [6, 6.07) is 8.40. The van der Waals surface area contributed by atoms with Crippen molar-refractivity contribution in [2.24, 2.45) is 5.10 Å². The highest BCUT2D eigenvalue weighted by atomic mass is 16.6. The third-order valence-corrected chi connectivity index (χ3v) is 5.25. The number of nitrogens with zero attached hydrogens (tertiary/aromatic N) is 3. The van der Waals surface area contributed by atoms with E-state index >= 15 is 0 Å². The fraction of sp³-hybridized carbons (Fsp3) is 0.462. The van der Waals surface area contributed by atoms with E-state index in [9.17, 15) is 9.59 Å². The van der Waals surface area contributed by atoms with E-state index in [1.54, 1.807) is 40.3 Å². The maximum Gasteiger partial charge on any atom is 0.408 e. The van der Waals surface area contributed by atoms with Gasteiger partial charge in [0.15, 0.2) is 11.5 Å². The molecule has 0 saturated heterocycles. The standard InChI is InChI=1S/C26H34N4O5/c1-6-34-23-17-19(9-10-22(23)33-5)20-8-7-15-30(29-20)24(31)21(16-18-11-13-27-14-12-18)28-25(32)35-26(2,3)4/h9-14,17,21H,6-8,15-16H2,1-5H3,(H,28,32)/t21-/m1/s1. The molecule has 2 amide bonds. The van der Waals surface area contributed by atoms with Gasteiger partial charge in [-0.25, -0.2) is 9.80 Å². The van der Waals surface area contributed by atoms with Crippen LogP contribution in [0.3, 0.4) is 0 Å². The Balaban J connectivity index is 1.85. The number of alkyl carbamates (subject to hydrolysis) is 1. The Kier molecular flexibility index (Phi) is 8.68. The molecule has 1 N–H and O–H groups in total. The van der Waals surface area contributed by atoms with Gasteiger partial charge in [0.1, 0.15) is 11.6 Å². The molecule has 188 valence electrons. The average molecular weight is 483 g/mol. The Morgan fingerprint density at radius 3 is 2.54 bits per heavy atom. The highest BCUT2D eigenvalue weighted by Gasteiger charge is 2.30. The lowest BCUT2D eigenvalue weighted by atomic mass is 10.0. The first-order valence-electron chi connectivity index (χ1n) is 11.8. The quantitative estimate of drug-likeness (QED) is 0.611. The van der Waals surface area contributed by atoms with Crippen LogP contribution in [-0.4, -0.2) is 59.6 Å². The van der Waals surface area contributed by atoms with Gasteiger partial charge >= 0.3 is 6.09 Å². The van der Waals surface area contributed by atoms with Crippen LogP contribution in [0.1, 0.15) is 51.7 Å². The van der Waals surface area contributed by atoms with E-state index < -0.39 is 17.7 Å². The number of methoxy groups -OCH3 is 1. The predicted molar refractivity (Wildman–Crippen MR) is 133 cm³/mol. The van der Waals surface area contributed by atoms with Gasteiger partial charge in [-0.1, -0.05) is 0 Å². The van der Waals surface area contributed by atoms with Gasteiger partial charge in [-0.3, -0.25) is 9.78 Å². The molecule has 2 heterocycles. The summed E-state index contributed by atoms with van der Waals surface area (Å²) in [5.74, 6) is 0.961. The van der Waals surface area contributed by atoms with Crippen molar-refractivity contribution in [3.05, 3.63) is 53.9 Å². The molecule has 1 aliphatic heterocycles. The minimum Gasteiger partial charge on any atom is -0.493 e. The monoisotopic (exact) mass is 482 g/mol. The molecule has 0 radical (unpaired) electrons. The second-order valence-corrected chi connectivity index (χ2v) is 9.17. The van der Waals surface area contributed by atoms with Gasteiger partial charge in [-0.2, -0.15) is 5.10 Å². The Labute approximate surface area is 206 Å². The largest absolute Gasteiger partial charge is 0.493 e. The van der Waals surface area contributed by atoms with Crippen molar-refractivity contribution in [2.75, 3.05) is 20.3 Å². The SMILES string of the molecule is CCOc1cc(C2=NN(C(=O)[C@@H](Cc3ccncc3)NC(=O)OC(C)(C)C)CCC2)ccc1OC. The van der Waals surface area contributed by atoms with Crippen LogP contribution in [-0.2, 0) is 16.0 Å². The normalized spacial score (nSPS) is 14.5. The number of rotatable bonds is 8. The molecule has 1 aromatic heterocycles. The number of aromatic nitrogens is 1. The predicted octanol–water partition coefficient (Wildman–Crippen LogP) is 3.95. The number of hydrogen-bond donors (Lipinski definition) is 1. The molecular weight excluding hydrogens is 448 g/mol. The summed E-state index contributed by atoms with van der Waals surface area (Å²) in [5, 5.41) is 8.83. The number of hydrazone groups is 1. The molecule has 35 heavy (non-hydrogen) atoms. The average Bonchev–Trinajstić information content (AvgIpc) is 2.83. The van der Waals surface area contributed by atoms with Gasteiger partial charge in [-0.15, -0.1) is 0 Å². The maximum absolute atomic E-state index is 13.5. The second-order valence-electron chi connectivity index (χ2n) is 9.17. The van der Waals surface area contributed by atoms with Crippen molar-refractivity contribution in [2.45, 2.75) is 58.6 Å². The molecule has 0 aliphatic carbocycles. The first kappa shape index (κ1) is 26.0. The summed E-state index contributed by atoms with van der Waals surface area (Å²) < 4.78 is 16.5. The molecule has 9 heteroatoms. The molecule has 1 aromatic carbocycles. The highest BCUT2D eigenvalue weighted by Crippen LogP contribution is 2.29. The third kappa shape index (κ3) is 7.43. The molecule has 0 saturated carbocycles. The van der Waals surface area contributed by atoms with Crippen molar-refractivity contribution in [3.63, 3.8) is 0 Å². The summed E-state index contributed by atoms with van der Waals surface area (Å²) >= 11 is 0. The summed E-state index contributed by atoms with van der Waals surface area (Å²) in [5.41, 5.74) is 1.81. The van der Waals surface area contributed by atoms with Crippen LogP contribution in [0, 0.1) is 0 Å². The summed E-state index contributed by atoms with van der Waals surface area (Å²) in [4.78, 5) is 30.1. The van der Waals surface area contributed by atoms with Crippen LogP contribution < -0.4 is 14.8 Å². The van der Waals surface area contributed by atoms with Crippen molar-refractivity contribution in [1.29, 1.82) is 0 Å². The lowest BCUT2D eigenvalue weighted by Gasteiger charge is -2.29. The highest BCUT2D eigenvalue weighted by molar-refractivity contribution is 6.02. The zero-order valence-electron chi connectivity index (χ0n) is 21.0. The van der Waals surface area contributed by atoms with Crippen molar-refractivity contribution in [3.8, 4) is 11.5 Å². The first-order valence-corrected chi connectivity index (χ1v) is 11.8. The van der Waals surface area contributed by atoms with E-state index in [0.717, 1.165) is 29.7 Å². The van der Waals surface area contributed by atoms with Gasteiger partial charge in [-0.05, 0) is 76.4 Å². The number of carbonyl (C=O) groups is 2. The van der Waals surface area contributed by atoms with E-state index in [1.165, 1.54) is 5.01 Å². The number of ether oxygens (including phenoxy) is 3. The molecule has 2 aromatic rings. The van der Waals surface area contributed by atoms with Gasteiger partial charge in [0, 0.05) is 30.9 Å². The van der Waals surface area contributed by atoms with Gasteiger partial charge in [0.05, 0.1) is 19.4 Å². The topological polar surface area (TPSA) is 102 Å². The molecule has 3 rings (SSSR count). The second kappa shape index (κ2) is 11.7. The van der Waals surface area contributed by atoms with E-state index in [4.69, 9.17) is 14.2 Å². The van der Waals surface area contributed by atoms with E-state index in [-0.39, 0.29) is 5.91 Å². The summed E-state index contributed by atoms with van der Waals surface area (Å²) in [7, 11) is 1.59. The number of carbonyl (C=O) groups excluding carboxylic acids is 2. The van der Waals surface area contributed by atoms with Crippen molar-refractivity contribution >= 4 is 17.7 Å². The lowest BCUT2D eigenvalue weighted by Crippen LogP contribution is -2.50. The van der Waals surface area contributed by atoms with Crippen LogP contribution in [0.15, 0.2) is 47.8 Å². The van der Waals surface area contributed by atoms with E-state index in [0.29, 0.717) is 31.1 Å². The van der Waals surface area contributed by atoms with Gasteiger partial charge in [0.25, 0.3) is 5.91 Å². The zero-order valence-corrected chi connectivity index (χ0v) is 21.0. The Morgan fingerprint density at radius 1 is 1.14 bits per heavy atom. The number of nitrogens with one attached hydrogen (secondary N) is 1. The molecule has 0 fully saturated rings. The fourth-order valence-electron chi connectivity index (χ4n) is 3.71. The van der Waals surface area contributed by atoms with Gasteiger partial charge in [0.2, 0.25) is 0 Å². The maximum atomic E-state index is 13.5. The van der Waals surface area contributed by atoms with Crippen molar-refractivity contribution < 1.29 is 23.8 Å². The van der Waals surface area contributed by atoms with Crippen LogP contribution in [0.25, 0.3) is 0 Å². The van der Waals surface area contributed by atoms with Crippen LogP contribution in [0.2, 0.25) is 0 Å². The number of pyridine rings is 1. The fourth-order valence-corrected chi connectivity index (χ4v) is 3.71. The zero-order chi connectivity index (χ0) is 25.4. The molecule has 0 spiro atoms. The van der Waals surface area contributed by atoms with E-state index in [1.807, 2.05) is 37.3 Å². The smallest absolute Gasteiger partial charge is 0.408 e. The molecule has 0 unspecified atom stereocenters. The molecule has 1 aliphatic rings. The Bertz CT molecular complexity index is 1050. The summed E-state index contributed by atoms with van der Waals surface area (Å²) in [6.45, 7) is 8.20. The van der Waals surface area contributed by atoms with Crippen LogP contribution in [0.4, 0.5) is 4.79 Å². The van der Waals surface area contributed by atoms with Crippen molar-refractivity contribution in [1.82, 2.24) is 15.3 Å². The number of amides is 2. The van der Waals surface area contributed by atoms with Crippen LogP contribution >= 0.6 is 0 Å². The summed E-state index contributed by atoms with van der Waals surface area (Å²) in [6.07, 6.45) is 4.41. The Morgan fingerprint density at radius 2 is 1.89 bits per heavy atom.